The van der Waals surface area contributed by atoms with Crippen LogP contribution in [0.3, 0.4) is 0 Å². The molecule has 202 valence electrons. The van der Waals surface area contributed by atoms with Crippen LogP contribution < -0.4 is 4.74 Å². The topological polar surface area (TPSA) is 31.4 Å². The molecule has 2 bridgehead atoms. The van der Waals surface area contributed by atoms with Crippen molar-refractivity contribution in [3.05, 3.63) is 109 Å². The molecule has 1 aromatic heterocycles. The van der Waals surface area contributed by atoms with Crippen molar-refractivity contribution >= 4 is 32.4 Å². The van der Waals surface area contributed by atoms with E-state index in [-0.39, 0.29) is 6.10 Å². The fraction of sp³-hybridized carbons (Fsp3) is 0.306. The molecular weight excluding hydrogens is 492 g/mol. The van der Waals surface area contributed by atoms with E-state index in [9.17, 15) is 0 Å². The molecule has 4 nitrogen and oxygen atoms in total. The number of pyridine rings is 1. The smallest absolute Gasteiger partial charge is 0.135 e. The lowest BCUT2D eigenvalue weighted by molar-refractivity contribution is -0.984. The van der Waals surface area contributed by atoms with Crippen molar-refractivity contribution in [2.75, 3.05) is 27.3 Å². The van der Waals surface area contributed by atoms with Crippen LogP contribution in [-0.4, -0.2) is 42.8 Å². The summed E-state index contributed by atoms with van der Waals surface area (Å²) in [6.07, 6.45) is 6.47. The summed E-state index contributed by atoms with van der Waals surface area (Å²) in [6, 6.07) is 28.8. The quantitative estimate of drug-likeness (QED) is 0.122. The average molecular weight is 530 g/mol. The van der Waals surface area contributed by atoms with Crippen LogP contribution >= 0.6 is 0 Å². The van der Waals surface area contributed by atoms with Gasteiger partial charge in [0.1, 0.15) is 24.4 Å². The first-order chi connectivity index (χ1) is 19.6. The van der Waals surface area contributed by atoms with Crippen LogP contribution in [0.4, 0.5) is 0 Å². The van der Waals surface area contributed by atoms with Crippen LogP contribution in [0, 0.1) is 11.8 Å². The first kappa shape index (κ1) is 25.3. The molecule has 0 spiro atoms. The van der Waals surface area contributed by atoms with Gasteiger partial charge in [-0.15, -0.1) is 6.58 Å². The average Bonchev–Trinajstić information content (AvgIpc) is 3.01. The molecule has 0 radical (unpaired) electrons. The maximum atomic E-state index is 6.51. The van der Waals surface area contributed by atoms with Gasteiger partial charge in [0.05, 0.1) is 25.7 Å². The molecule has 4 heterocycles. The first-order valence-electron chi connectivity index (χ1n) is 14.5. The summed E-state index contributed by atoms with van der Waals surface area (Å²) in [7, 11) is 3.61. The van der Waals surface area contributed by atoms with Crippen molar-refractivity contribution < 1.29 is 14.0 Å². The molecule has 3 aliphatic heterocycles. The second-order valence-corrected chi connectivity index (χ2v) is 11.8. The predicted molar refractivity (Wildman–Crippen MR) is 163 cm³/mol. The van der Waals surface area contributed by atoms with E-state index in [1.54, 1.807) is 7.11 Å². The molecule has 8 rings (SSSR count). The van der Waals surface area contributed by atoms with Gasteiger partial charge in [0, 0.05) is 43.0 Å². The van der Waals surface area contributed by atoms with Gasteiger partial charge in [-0.2, -0.15) is 0 Å². The molecule has 4 aromatic carbocycles. The van der Waals surface area contributed by atoms with Crippen molar-refractivity contribution in [2.24, 2.45) is 11.8 Å². The summed E-state index contributed by atoms with van der Waals surface area (Å²) in [5.41, 5.74) is 3.64. The zero-order valence-corrected chi connectivity index (χ0v) is 23.4. The number of benzene rings is 4. The van der Waals surface area contributed by atoms with E-state index in [1.807, 2.05) is 19.4 Å². The van der Waals surface area contributed by atoms with Gasteiger partial charge in [-0.25, -0.2) is 0 Å². The molecule has 0 N–H and O–H groups in total. The number of nitrogens with zero attached hydrogens (tertiary/aromatic N) is 2. The van der Waals surface area contributed by atoms with E-state index >= 15 is 0 Å². The number of ether oxygens (including phenoxy) is 2. The summed E-state index contributed by atoms with van der Waals surface area (Å²) in [5.74, 6) is 2.02. The number of rotatable bonds is 7. The summed E-state index contributed by atoms with van der Waals surface area (Å²) < 4.78 is 13.1. The highest BCUT2D eigenvalue weighted by molar-refractivity contribution is 6.02. The standard InChI is InChI=1S/C36H37N2O2/c1-4-24-22-38(23-33-29-11-7-5-9-26(29)19-27-10-6-8-12-30(27)33)18-16-25(24)20-35(38)36(40-3)31-15-17-37-34-14-13-28(39-2)21-32(31)34/h4-15,17,19,21,24-25,35-36H,1,16,18,20,22-23H2,2-3H3/q+1. The lowest BCUT2D eigenvalue weighted by Gasteiger charge is -2.58. The van der Waals surface area contributed by atoms with E-state index in [1.165, 1.54) is 39.1 Å². The zero-order chi connectivity index (χ0) is 27.3. The van der Waals surface area contributed by atoms with Crippen molar-refractivity contribution in [1.82, 2.24) is 4.98 Å². The fourth-order valence-electron chi connectivity index (χ4n) is 7.97. The minimum atomic E-state index is -0.0487. The van der Waals surface area contributed by atoms with Gasteiger partial charge < -0.3 is 14.0 Å². The third-order valence-electron chi connectivity index (χ3n) is 9.92. The lowest BCUT2D eigenvalue weighted by atomic mass is 9.71. The Labute approximate surface area is 236 Å². The van der Waals surface area contributed by atoms with Crippen LogP contribution in [0.2, 0.25) is 0 Å². The number of hydrogen-bond acceptors (Lipinski definition) is 3. The summed E-state index contributed by atoms with van der Waals surface area (Å²) in [4.78, 5) is 4.68. The number of quaternary nitrogens is 1. The van der Waals surface area contributed by atoms with E-state index in [2.05, 4.69) is 90.4 Å². The molecule has 0 saturated carbocycles. The van der Waals surface area contributed by atoms with Gasteiger partial charge in [-0.1, -0.05) is 54.6 Å². The highest BCUT2D eigenvalue weighted by Gasteiger charge is 2.54. The summed E-state index contributed by atoms with van der Waals surface area (Å²) in [5, 5.41) is 6.47. The molecule has 3 aliphatic rings. The van der Waals surface area contributed by atoms with Gasteiger partial charge in [0.2, 0.25) is 0 Å². The van der Waals surface area contributed by atoms with Gasteiger partial charge in [0.25, 0.3) is 0 Å². The Morgan fingerprint density at radius 2 is 1.70 bits per heavy atom. The van der Waals surface area contributed by atoms with Gasteiger partial charge in [-0.3, -0.25) is 4.98 Å². The van der Waals surface area contributed by atoms with E-state index in [0.717, 1.165) is 47.2 Å². The monoisotopic (exact) mass is 529 g/mol. The van der Waals surface area contributed by atoms with Crippen molar-refractivity contribution in [3.8, 4) is 5.75 Å². The molecule has 5 unspecified atom stereocenters. The minimum Gasteiger partial charge on any atom is -0.497 e. The van der Waals surface area contributed by atoms with E-state index in [4.69, 9.17) is 9.47 Å². The molecule has 40 heavy (non-hydrogen) atoms. The van der Waals surface area contributed by atoms with Crippen molar-refractivity contribution in [1.29, 1.82) is 0 Å². The molecule has 0 amide bonds. The number of hydrogen-bond donors (Lipinski definition) is 0. The van der Waals surface area contributed by atoms with Crippen molar-refractivity contribution in [2.45, 2.75) is 31.5 Å². The first-order valence-corrected chi connectivity index (χ1v) is 14.5. The Bertz CT molecular complexity index is 1680. The summed E-state index contributed by atoms with van der Waals surface area (Å²) >= 11 is 0. The van der Waals surface area contributed by atoms with Crippen LogP contribution in [0.5, 0.6) is 5.75 Å². The normalized spacial score (nSPS) is 24.9. The molecular formula is C36H37N2O2+. The van der Waals surface area contributed by atoms with E-state index in [0.29, 0.717) is 17.9 Å². The highest BCUT2D eigenvalue weighted by atomic mass is 16.5. The number of fused-ring (bicyclic) bond motifs is 6. The number of aromatic nitrogens is 1. The Morgan fingerprint density at radius 3 is 2.40 bits per heavy atom. The summed E-state index contributed by atoms with van der Waals surface area (Å²) in [6.45, 7) is 7.52. The number of piperidine rings is 3. The third kappa shape index (κ3) is 4.01. The predicted octanol–water partition coefficient (Wildman–Crippen LogP) is 7.85. The van der Waals surface area contributed by atoms with Crippen molar-refractivity contribution in [3.63, 3.8) is 0 Å². The van der Waals surface area contributed by atoms with Gasteiger partial charge >= 0.3 is 0 Å². The second kappa shape index (κ2) is 10.0. The maximum absolute atomic E-state index is 6.51. The molecule has 3 fully saturated rings. The SMILES string of the molecule is C=CC1C[N+]2(Cc3c4ccccc4cc4ccccc34)CCC1CC2C(OC)c1ccnc2ccc(OC)cc12. The van der Waals surface area contributed by atoms with Crippen LogP contribution in [0.15, 0.2) is 97.7 Å². The van der Waals surface area contributed by atoms with Crippen LogP contribution in [-0.2, 0) is 11.3 Å². The van der Waals surface area contributed by atoms with Gasteiger partial charge in [-0.05, 0) is 63.4 Å². The largest absolute Gasteiger partial charge is 0.497 e. The van der Waals surface area contributed by atoms with E-state index < -0.39 is 0 Å². The van der Waals surface area contributed by atoms with Crippen LogP contribution in [0.25, 0.3) is 32.4 Å². The highest BCUT2D eigenvalue weighted by Crippen LogP contribution is 2.50. The zero-order valence-electron chi connectivity index (χ0n) is 23.4. The second-order valence-electron chi connectivity index (χ2n) is 11.8. The minimum absolute atomic E-state index is 0.0487. The molecule has 5 aromatic rings. The Hall–Kier alpha value is -3.73. The molecule has 4 heteroatoms. The molecule has 5 atom stereocenters. The third-order valence-corrected chi connectivity index (χ3v) is 9.92. The Balaban J connectivity index is 1.40. The Morgan fingerprint density at radius 1 is 0.950 bits per heavy atom. The lowest BCUT2D eigenvalue weighted by Crippen LogP contribution is -2.67. The van der Waals surface area contributed by atoms with Gasteiger partial charge in [0.15, 0.2) is 0 Å². The Kier molecular flexibility index (Phi) is 6.33. The molecule has 0 aliphatic carbocycles. The maximum Gasteiger partial charge on any atom is 0.135 e. The van der Waals surface area contributed by atoms with Crippen LogP contribution in [0.1, 0.15) is 30.1 Å². The fourth-order valence-corrected chi connectivity index (χ4v) is 7.97. The molecule has 3 saturated heterocycles. The number of methoxy groups -OCH3 is 2.